The molecule has 0 radical (unpaired) electrons. The number of nitrogens with one attached hydrogen (secondary N) is 1. The van der Waals surface area contributed by atoms with Gasteiger partial charge in [-0.3, -0.25) is 0 Å². The number of halogens is 1. The summed E-state index contributed by atoms with van der Waals surface area (Å²) in [4.78, 5) is 12.6. The van der Waals surface area contributed by atoms with Crippen molar-refractivity contribution in [2.75, 3.05) is 18.1 Å². The Morgan fingerprint density at radius 2 is 2.09 bits per heavy atom. The van der Waals surface area contributed by atoms with Gasteiger partial charge in [-0.25, -0.2) is 9.97 Å². The van der Waals surface area contributed by atoms with Gasteiger partial charge >= 0.3 is 0 Å². The molecule has 0 atom stereocenters. The molecule has 0 aliphatic rings. The standard InChI is InChI=1S/C15H16IN5OS/c1-9(2)11-7-19-10(4-5-23-16)6-12(11)22-13-8-20-15(18-3)21-14(13)17/h6-9H,1-3H3,(H3,17,18,20,21). The van der Waals surface area contributed by atoms with Crippen LogP contribution in [0.3, 0.4) is 0 Å². The molecule has 0 saturated heterocycles. The van der Waals surface area contributed by atoms with Gasteiger partial charge in [0, 0.05) is 46.1 Å². The summed E-state index contributed by atoms with van der Waals surface area (Å²) >= 11 is 2.11. The lowest BCUT2D eigenvalue weighted by Crippen LogP contribution is -2.03. The number of anilines is 2. The quantitative estimate of drug-likeness (QED) is 0.552. The van der Waals surface area contributed by atoms with Gasteiger partial charge in [0.25, 0.3) is 0 Å². The molecule has 2 rings (SSSR count). The van der Waals surface area contributed by atoms with Gasteiger partial charge in [-0.15, -0.1) is 0 Å². The number of aromatic nitrogens is 3. The van der Waals surface area contributed by atoms with Gasteiger partial charge in [-0.1, -0.05) is 13.8 Å². The Labute approximate surface area is 151 Å². The Kier molecular flexibility index (Phi) is 6.29. The molecular formula is C15H16IN5OS. The Balaban J connectivity index is 2.40. The topological polar surface area (TPSA) is 86.0 Å². The van der Waals surface area contributed by atoms with Crippen molar-refractivity contribution in [3.05, 3.63) is 29.7 Å². The fourth-order valence-electron chi connectivity index (χ4n) is 1.81. The van der Waals surface area contributed by atoms with Crippen molar-refractivity contribution >= 4 is 41.9 Å². The lowest BCUT2D eigenvalue weighted by molar-refractivity contribution is 0.470. The fourth-order valence-corrected chi connectivity index (χ4v) is 2.28. The van der Waals surface area contributed by atoms with Crippen molar-refractivity contribution in [2.45, 2.75) is 19.8 Å². The zero-order valence-corrected chi connectivity index (χ0v) is 15.9. The minimum Gasteiger partial charge on any atom is -0.451 e. The van der Waals surface area contributed by atoms with E-state index in [-0.39, 0.29) is 11.7 Å². The van der Waals surface area contributed by atoms with Gasteiger partial charge in [-0.2, -0.15) is 4.98 Å². The number of hydrogen-bond acceptors (Lipinski definition) is 7. The monoisotopic (exact) mass is 441 g/mol. The minimum atomic E-state index is 0.247. The van der Waals surface area contributed by atoms with E-state index in [1.165, 1.54) is 8.93 Å². The minimum absolute atomic E-state index is 0.247. The number of hydrogen-bond donors (Lipinski definition) is 2. The average molecular weight is 441 g/mol. The highest BCUT2D eigenvalue weighted by Gasteiger charge is 2.13. The van der Waals surface area contributed by atoms with Gasteiger partial charge in [0.05, 0.1) is 6.20 Å². The summed E-state index contributed by atoms with van der Waals surface area (Å²) in [5, 5.41) is 5.74. The Hall–Kier alpha value is -1.73. The van der Waals surface area contributed by atoms with Crippen LogP contribution in [-0.2, 0) is 0 Å². The predicted octanol–water partition coefficient (Wildman–Crippen LogP) is 3.80. The summed E-state index contributed by atoms with van der Waals surface area (Å²) in [5.74, 6) is 4.98. The molecule has 0 unspecified atom stereocenters. The number of ether oxygens (including phenoxy) is 1. The van der Waals surface area contributed by atoms with Crippen LogP contribution in [0.15, 0.2) is 18.5 Å². The van der Waals surface area contributed by atoms with E-state index in [2.05, 4.69) is 66.5 Å². The number of nitrogens with zero attached hydrogens (tertiary/aromatic N) is 3. The second kappa shape index (κ2) is 8.21. The zero-order chi connectivity index (χ0) is 16.8. The highest BCUT2D eigenvalue weighted by Crippen LogP contribution is 2.32. The van der Waals surface area contributed by atoms with Crippen LogP contribution in [0.2, 0.25) is 0 Å². The van der Waals surface area contributed by atoms with Crippen molar-refractivity contribution in [3.63, 3.8) is 0 Å². The van der Waals surface area contributed by atoms with E-state index in [0.717, 1.165) is 5.56 Å². The predicted molar refractivity (Wildman–Crippen MR) is 103 cm³/mol. The highest BCUT2D eigenvalue weighted by atomic mass is 127. The van der Waals surface area contributed by atoms with Crippen molar-refractivity contribution in [3.8, 4) is 22.7 Å². The third-order valence-corrected chi connectivity index (χ3v) is 3.80. The third-order valence-electron chi connectivity index (χ3n) is 2.96. The molecule has 6 nitrogen and oxygen atoms in total. The Morgan fingerprint density at radius 1 is 1.30 bits per heavy atom. The average Bonchev–Trinajstić information content (AvgIpc) is 2.54. The van der Waals surface area contributed by atoms with Gasteiger partial charge in [-0.05, 0) is 26.0 Å². The maximum absolute atomic E-state index is 5.93. The molecule has 0 aromatic carbocycles. The zero-order valence-electron chi connectivity index (χ0n) is 12.9. The van der Waals surface area contributed by atoms with Crippen LogP contribution >= 0.6 is 30.1 Å². The van der Waals surface area contributed by atoms with E-state index in [1.807, 2.05) is 0 Å². The van der Waals surface area contributed by atoms with Crippen LogP contribution < -0.4 is 15.8 Å². The molecule has 2 aromatic rings. The smallest absolute Gasteiger partial charge is 0.224 e. The van der Waals surface area contributed by atoms with Gasteiger partial charge in [0.1, 0.15) is 11.4 Å². The molecule has 0 saturated carbocycles. The van der Waals surface area contributed by atoms with E-state index >= 15 is 0 Å². The van der Waals surface area contributed by atoms with Crippen molar-refractivity contribution in [1.82, 2.24) is 15.0 Å². The molecule has 23 heavy (non-hydrogen) atoms. The molecule has 0 spiro atoms. The van der Waals surface area contributed by atoms with Crippen molar-refractivity contribution in [2.24, 2.45) is 0 Å². The number of rotatable bonds is 4. The summed E-state index contributed by atoms with van der Waals surface area (Å²) in [6.07, 6.45) is 3.33. The summed E-state index contributed by atoms with van der Waals surface area (Å²) in [6, 6.07) is 1.81. The van der Waals surface area contributed by atoms with Gasteiger partial charge in [0.15, 0.2) is 11.6 Å². The molecule has 0 fully saturated rings. The van der Waals surface area contributed by atoms with Crippen LogP contribution in [0, 0.1) is 11.2 Å². The molecule has 0 aliphatic carbocycles. The number of nitrogens with two attached hydrogens (primary N) is 1. The lowest BCUT2D eigenvalue weighted by atomic mass is 10.0. The van der Waals surface area contributed by atoms with Gasteiger partial charge < -0.3 is 15.8 Å². The largest absolute Gasteiger partial charge is 0.451 e. The van der Waals surface area contributed by atoms with Crippen LogP contribution in [0.4, 0.5) is 11.8 Å². The van der Waals surface area contributed by atoms with E-state index in [4.69, 9.17) is 10.5 Å². The molecule has 2 aromatic heterocycles. The first kappa shape index (κ1) is 17.6. The fraction of sp³-hybridized carbons (Fsp3) is 0.267. The van der Waals surface area contributed by atoms with Crippen molar-refractivity contribution in [1.29, 1.82) is 0 Å². The first-order valence-corrected chi connectivity index (χ1v) is 10.2. The van der Waals surface area contributed by atoms with E-state index < -0.39 is 0 Å². The molecule has 120 valence electrons. The highest BCUT2D eigenvalue weighted by molar-refractivity contribution is 14.2. The molecule has 2 heterocycles. The summed E-state index contributed by atoms with van der Waals surface area (Å²) in [6.45, 7) is 4.14. The van der Waals surface area contributed by atoms with E-state index in [9.17, 15) is 0 Å². The molecule has 0 aliphatic heterocycles. The van der Waals surface area contributed by atoms with E-state index in [0.29, 0.717) is 23.1 Å². The molecule has 3 N–H and O–H groups in total. The van der Waals surface area contributed by atoms with Crippen LogP contribution in [-0.4, -0.2) is 22.0 Å². The van der Waals surface area contributed by atoms with Crippen LogP contribution in [0.1, 0.15) is 31.0 Å². The maximum Gasteiger partial charge on any atom is 0.224 e. The van der Waals surface area contributed by atoms with Crippen LogP contribution in [0.5, 0.6) is 11.5 Å². The second-order valence-electron chi connectivity index (χ2n) is 4.86. The van der Waals surface area contributed by atoms with Crippen LogP contribution in [0.25, 0.3) is 0 Å². The second-order valence-corrected chi connectivity index (χ2v) is 6.54. The summed E-state index contributed by atoms with van der Waals surface area (Å²) in [5.41, 5.74) is 7.53. The number of pyridine rings is 1. The Bertz CT molecular complexity index is 757. The summed E-state index contributed by atoms with van der Waals surface area (Å²) < 4.78 is 5.93. The first-order chi connectivity index (χ1) is 11.0. The SMILES string of the molecule is CNc1ncc(Oc2cc(C#CSI)ncc2C(C)C)c(N)n1. The summed E-state index contributed by atoms with van der Waals surface area (Å²) in [7, 11) is 3.13. The van der Waals surface area contributed by atoms with Crippen molar-refractivity contribution < 1.29 is 4.74 Å². The van der Waals surface area contributed by atoms with Gasteiger partial charge in [0.2, 0.25) is 5.95 Å². The molecule has 8 heteroatoms. The Morgan fingerprint density at radius 3 is 2.70 bits per heavy atom. The normalized spacial score (nSPS) is 10.1. The first-order valence-electron chi connectivity index (χ1n) is 6.81. The van der Waals surface area contributed by atoms with E-state index in [1.54, 1.807) is 25.5 Å². The third kappa shape index (κ3) is 4.62. The lowest BCUT2D eigenvalue weighted by Gasteiger charge is -2.14. The maximum atomic E-state index is 5.93. The number of nitrogen functional groups attached to an aromatic ring is 1. The molecule has 0 bridgehead atoms. The molecule has 0 amide bonds. The molecular weight excluding hydrogens is 425 g/mol.